The summed E-state index contributed by atoms with van der Waals surface area (Å²) in [7, 11) is 1.89. The summed E-state index contributed by atoms with van der Waals surface area (Å²) in [4.78, 5) is 1.19. The minimum absolute atomic E-state index is 0.0869. The van der Waals surface area contributed by atoms with Crippen molar-refractivity contribution in [2.24, 2.45) is 5.41 Å². The van der Waals surface area contributed by atoms with Gasteiger partial charge in [0.05, 0.1) is 21.3 Å². The van der Waals surface area contributed by atoms with Gasteiger partial charge in [-0.2, -0.15) is 5.26 Å². The van der Waals surface area contributed by atoms with Crippen molar-refractivity contribution in [2.75, 3.05) is 7.05 Å². The molecule has 0 fully saturated rings. The summed E-state index contributed by atoms with van der Waals surface area (Å²) in [6.45, 7) is 3.89. The minimum atomic E-state index is -0.390. The first-order chi connectivity index (χ1) is 6.51. The summed E-state index contributed by atoms with van der Waals surface area (Å²) in [6, 6.07) is 6.48. The summed E-state index contributed by atoms with van der Waals surface area (Å²) in [5.41, 5.74) is -0.390. The number of halogens is 1. The molecule has 1 heterocycles. The van der Waals surface area contributed by atoms with Crippen molar-refractivity contribution in [3.8, 4) is 6.07 Å². The van der Waals surface area contributed by atoms with Crippen molar-refractivity contribution in [1.82, 2.24) is 5.32 Å². The number of hydrogen-bond donors (Lipinski definition) is 1. The first-order valence-electron chi connectivity index (χ1n) is 4.35. The molecule has 2 nitrogen and oxygen atoms in total. The molecule has 0 aliphatic carbocycles. The van der Waals surface area contributed by atoms with Crippen molar-refractivity contribution in [3.05, 3.63) is 20.8 Å². The number of hydrogen-bond acceptors (Lipinski definition) is 3. The fourth-order valence-corrected chi connectivity index (χ4v) is 3.13. The second kappa shape index (κ2) is 4.43. The van der Waals surface area contributed by atoms with E-state index in [-0.39, 0.29) is 11.5 Å². The predicted octanol–water partition coefficient (Wildman–Crippen LogP) is 3.32. The van der Waals surface area contributed by atoms with E-state index in [2.05, 4.69) is 33.4 Å². The summed E-state index contributed by atoms with van der Waals surface area (Å²) in [6.07, 6.45) is 0. The fourth-order valence-electron chi connectivity index (χ4n) is 1.41. The molecule has 1 atom stereocenters. The molecule has 0 saturated heterocycles. The van der Waals surface area contributed by atoms with Gasteiger partial charge in [0.1, 0.15) is 0 Å². The monoisotopic (exact) mass is 272 g/mol. The van der Waals surface area contributed by atoms with E-state index < -0.39 is 0 Å². The lowest BCUT2D eigenvalue weighted by molar-refractivity contribution is 0.349. The zero-order valence-corrected chi connectivity index (χ0v) is 10.9. The Hall–Kier alpha value is -0.370. The van der Waals surface area contributed by atoms with Crippen LogP contribution >= 0.6 is 27.3 Å². The molecular weight excluding hydrogens is 260 g/mol. The molecule has 1 unspecified atom stereocenters. The minimum Gasteiger partial charge on any atom is -0.311 e. The highest BCUT2D eigenvalue weighted by Gasteiger charge is 2.30. The van der Waals surface area contributed by atoms with E-state index in [0.717, 1.165) is 3.79 Å². The van der Waals surface area contributed by atoms with Crippen LogP contribution < -0.4 is 5.32 Å². The third kappa shape index (κ3) is 2.35. The molecule has 0 radical (unpaired) electrons. The maximum atomic E-state index is 9.07. The number of nitrogens with zero attached hydrogens (tertiary/aromatic N) is 1. The maximum Gasteiger partial charge on any atom is 0.0720 e. The van der Waals surface area contributed by atoms with Crippen LogP contribution in [0, 0.1) is 16.7 Å². The van der Waals surface area contributed by atoms with Gasteiger partial charge in [-0.05, 0) is 49.0 Å². The van der Waals surface area contributed by atoms with Crippen LogP contribution in [-0.4, -0.2) is 7.05 Å². The standard InChI is InChI=1S/C10H13BrN2S/c1-10(2,6-12)9(13-3)7-4-5-8(11)14-7/h4-5,9,13H,1-3H3. The van der Waals surface area contributed by atoms with E-state index in [1.807, 2.05) is 27.0 Å². The molecule has 1 N–H and O–H groups in total. The SMILES string of the molecule is CNC(c1ccc(Br)s1)C(C)(C)C#N. The van der Waals surface area contributed by atoms with Gasteiger partial charge in [-0.25, -0.2) is 0 Å². The molecule has 0 saturated carbocycles. The Bertz CT molecular complexity index is 351. The van der Waals surface area contributed by atoms with Gasteiger partial charge in [0, 0.05) is 4.88 Å². The van der Waals surface area contributed by atoms with Gasteiger partial charge in [0.25, 0.3) is 0 Å². The Morgan fingerprint density at radius 3 is 2.57 bits per heavy atom. The van der Waals surface area contributed by atoms with E-state index >= 15 is 0 Å². The van der Waals surface area contributed by atoms with Crippen LogP contribution in [0.25, 0.3) is 0 Å². The average molecular weight is 273 g/mol. The highest BCUT2D eigenvalue weighted by atomic mass is 79.9. The Morgan fingerprint density at radius 2 is 2.21 bits per heavy atom. The molecule has 1 rings (SSSR count). The van der Waals surface area contributed by atoms with Crippen molar-refractivity contribution in [3.63, 3.8) is 0 Å². The van der Waals surface area contributed by atoms with E-state index in [0.29, 0.717) is 0 Å². The van der Waals surface area contributed by atoms with Gasteiger partial charge in [-0.3, -0.25) is 0 Å². The van der Waals surface area contributed by atoms with Crippen LogP contribution in [0.1, 0.15) is 24.8 Å². The molecule has 0 spiro atoms. The summed E-state index contributed by atoms with van der Waals surface area (Å²) >= 11 is 5.09. The molecule has 1 aromatic heterocycles. The van der Waals surface area contributed by atoms with Crippen molar-refractivity contribution in [1.29, 1.82) is 5.26 Å². The van der Waals surface area contributed by atoms with Crippen molar-refractivity contribution in [2.45, 2.75) is 19.9 Å². The van der Waals surface area contributed by atoms with E-state index in [4.69, 9.17) is 5.26 Å². The van der Waals surface area contributed by atoms with Gasteiger partial charge in [0.2, 0.25) is 0 Å². The van der Waals surface area contributed by atoms with Crippen LogP contribution in [-0.2, 0) is 0 Å². The molecule has 0 aliphatic rings. The topological polar surface area (TPSA) is 35.8 Å². The van der Waals surface area contributed by atoms with Crippen molar-refractivity contribution >= 4 is 27.3 Å². The molecule has 0 amide bonds. The Morgan fingerprint density at radius 1 is 1.57 bits per heavy atom. The second-order valence-electron chi connectivity index (χ2n) is 3.70. The lowest BCUT2D eigenvalue weighted by atomic mass is 9.85. The second-order valence-corrected chi connectivity index (χ2v) is 6.19. The zero-order valence-electron chi connectivity index (χ0n) is 8.47. The van der Waals surface area contributed by atoms with E-state index in [1.165, 1.54) is 4.88 Å². The number of thiophene rings is 1. The molecule has 4 heteroatoms. The van der Waals surface area contributed by atoms with Crippen LogP contribution in [0.3, 0.4) is 0 Å². The first-order valence-corrected chi connectivity index (χ1v) is 5.96. The Kier molecular flexibility index (Phi) is 3.71. The smallest absolute Gasteiger partial charge is 0.0720 e. The van der Waals surface area contributed by atoms with Crippen LogP contribution in [0.15, 0.2) is 15.9 Å². The third-order valence-corrected chi connectivity index (χ3v) is 3.87. The van der Waals surface area contributed by atoms with Gasteiger partial charge < -0.3 is 5.32 Å². The van der Waals surface area contributed by atoms with Gasteiger partial charge in [-0.15, -0.1) is 11.3 Å². The molecule has 0 aliphatic heterocycles. The highest BCUT2D eigenvalue weighted by Crippen LogP contribution is 2.37. The van der Waals surface area contributed by atoms with Crippen LogP contribution in [0.2, 0.25) is 0 Å². The molecule has 1 aromatic rings. The summed E-state index contributed by atoms with van der Waals surface area (Å²) in [5.74, 6) is 0. The number of rotatable bonds is 3. The summed E-state index contributed by atoms with van der Waals surface area (Å²) < 4.78 is 1.10. The average Bonchev–Trinajstić information content (AvgIpc) is 2.53. The van der Waals surface area contributed by atoms with Gasteiger partial charge in [0.15, 0.2) is 0 Å². The summed E-state index contributed by atoms with van der Waals surface area (Å²) in [5, 5.41) is 12.3. The predicted molar refractivity (Wildman–Crippen MR) is 63.2 cm³/mol. The lowest BCUT2D eigenvalue weighted by Crippen LogP contribution is -2.30. The first kappa shape index (κ1) is 11.7. The Labute approximate surface area is 97.1 Å². The quantitative estimate of drug-likeness (QED) is 0.917. The molecule has 14 heavy (non-hydrogen) atoms. The number of nitriles is 1. The highest BCUT2D eigenvalue weighted by molar-refractivity contribution is 9.11. The Balaban J connectivity index is 3.00. The molecular formula is C10H13BrN2S. The number of nitrogens with one attached hydrogen (secondary N) is 1. The van der Waals surface area contributed by atoms with E-state index in [1.54, 1.807) is 11.3 Å². The normalized spacial score (nSPS) is 13.6. The molecule has 0 bridgehead atoms. The maximum absolute atomic E-state index is 9.07. The fraction of sp³-hybridized carbons (Fsp3) is 0.500. The zero-order chi connectivity index (χ0) is 10.8. The van der Waals surface area contributed by atoms with Crippen molar-refractivity contribution < 1.29 is 0 Å². The third-order valence-electron chi connectivity index (χ3n) is 2.18. The van der Waals surface area contributed by atoms with E-state index in [9.17, 15) is 0 Å². The molecule has 0 aromatic carbocycles. The van der Waals surface area contributed by atoms with Crippen LogP contribution in [0.4, 0.5) is 0 Å². The molecule has 76 valence electrons. The largest absolute Gasteiger partial charge is 0.311 e. The lowest BCUT2D eigenvalue weighted by Gasteiger charge is -2.26. The van der Waals surface area contributed by atoms with Gasteiger partial charge in [-0.1, -0.05) is 0 Å². The van der Waals surface area contributed by atoms with Gasteiger partial charge >= 0.3 is 0 Å². The van der Waals surface area contributed by atoms with Crippen LogP contribution in [0.5, 0.6) is 0 Å².